The highest BCUT2D eigenvalue weighted by molar-refractivity contribution is 7.93. The lowest BCUT2D eigenvalue weighted by Crippen LogP contribution is -2.45. The van der Waals surface area contributed by atoms with Crippen LogP contribution < -0.4 is 15.4 Å². The fraction of sp³-hybridized carbons (Fsp3) is 0.500. The Hall–Kier alpha value is -1.97. The minimum absolute atomic E-state index is 0.0995. The van der Waals surface area contributed by atoms with Crippen molar-refractivity contribution in [1.29, 1.82) is 0 Å². The van der Waals surface area contributed by atoms with E-state index in [9.17, 15) is 26.4 Å². The van der Waals surface area contributed by atoms with Crippen LogP contribution in [0.1, 0.15) is 24.8 Å². The number of rotatable bonds is 3. The maximum Gasteiger partial charge on any atom is 0.416 e. The number of fused-ring (bicyclic) bond motifs is 1. The second kappa shape index (κ2) is 5.83. The monoisotopic (exact) mass is 363 g/mol. The molecule has 2 amide bonds. The number of carbonyl (C=O) groups excluding carboxylic acids is 1. The van der Waals surface area contributed by atoms with Gasteiger partial charge in [0.2, 0.25) is 10.0 Å². The summed E-state index contributed by atoms with van der Waals surface area (Å²) in [7, 11) is -3.85. The molecule has 1 aromatic carbocycles. The molecule has 0 spiro atoms. The maximum absolute atomic E-state index is 12.7. The van der Waals surface area contributed by atoms with Crippen LogP contribution in [0.5, 0.6) is 0 Å². The van der Waals surface area contributed by atoms with Gasteiger partial charge in [-0.25, -0.2) is 13.2 Å². The van der Waals surface area contributed by atoms with Gasteiger partial charge in [0.25, 0.3) is 0 Å². The molecule has 3 unspecified atom stereocenters. The van der Waals surface area contributed by atoms with Gasteiger partial charge < -0.3 is 10.6 Å². The van der Waals surface area contributed by atoms with E-state index in [1.165, 1.54) is 6.07 Å². The summed E-state index contributed by atoms with van der Waals surface area (Å²) in [6.45, 7) is 0. The highest BCUT2D eigenvalue weighted by atomic mass is 32.2. The Balaban J connectivity index is 1.74. The first-order valence-corrected chi connectivity index (χ1v) is 8.96. The molecule has 0 radical (unpaired) electrons. The Labute approximate surface area is 136 Å². The van der Waals surface area contributed by atoms with Crippen LogP contribution in [0.15, 0.2) is 24.3 Å². The predicted molar refractivity (Wildman–Crippen MR) is 80.9 cm³/mol. The van der Waals surface area contributed by atoms with Gasteiger partial charge in [-0.2, -0.15) is 13.2 Å². The van der Waals surface area contributed by atoms with Crippen molar-refractivity contribution in [2.75, 3.05) is 4.72 Å². The lowest BCUT2D eigenvalue weighted by atomic mass is 9.91. The minimum atomic E-state index is -4.54. The van der Waals surface area contributed by atoms with Crippen molar-refractivity contribution in [2.45, 2.75) is 42.8 Å². The second-order valence-corrected chi connectivity index (χ2v) is 7.95. The number of amides is 2. The van der Waals surface area contributed by atoms with Gasteiger partial charge in [0.05, 0.1) is 22.9 Å². The van der Waals surface area contributed by atoms with Crippen LogP contribution in [-0.4, -0.2) is 31.8 Å². The molecule has 10 heteroatoms. The summed E-state index contributed by atoms with van der Waals surface area (Å²) < 4.78 is 65.3. The van der Waals surface area contributed by atoms with Crippen LogP contribution in [0, 0.1) is 0 Å². The molecule has 3 atom stereocenters. The molecule has 132 valence electrons. The first-order chi connectivity index (χ1) is 11.1. The number of benzene rings is 1. The van der Waals surface area contributed by atoms with E-state index >= 15 is 0 Å². The zero-order chi connectivity index (χ0) is 17.5. The van der Waals surface area contributed by atoms with Crippen LogP contribution in [0.3, 0.4) is 0 Å². The van der Waals surface area contributed by atoms with Crippen molar-refractivity contribution in [3.8, 4) is 0 Å². The SMILES string of the molecule is O=C1NC2CCC(S(=O)(=O)Nc3cccc(C(F)(F)F)c3)CC2N1. The van der Waals surface area contributed by atoms with E-state index in [1.54, 1.807) is 0 Å². The number of alkyl halides is 3. The molecule has 1 saturated carbocycles. The average molecular weight is 363 g/mol. The number of anilines is 1. The van der Waals surface area contributed by atoms with Gasteiger partial charge in [0.1, 0.15) is 0 Å². The third-order valence-corrected chi connectivity index (χ3v) is 6.15. The topological polar surface area (TPSA) is 87.3 Å². The van der Waals surface area contributed by atoms with Crippen LogP contribution in [0.25, 0.3) is 0 Å². The minimum Gasteiger partial charge on any atom is -0.333 e. The summed E-state index contributed by atoms with van der Waals surface area (Å²) in [6, 6.07) is 3.36. The maximum atomic E-state index is 12.7. The highest BCUT2D eigenvalue weighted by Crippen LogP contribution is 2.32. The van der Waals surface area contributed by atoms with Crippen molar-refractivity contribution in [3.05, 3.63) is 29.8 Å². The Morgan fingerprint density at radius 2 is 1.83 bits per heavy atom. The standard InChI is InChI=1S/C14H16F3N3O3S/c15-14(16,17)8-2-1-3-9(6-8)20-24(22,23)10-4-5-11-12(7-10)19-13(21)18-11/h1-3,6,10-12,20H,4-5,7H2,(H2,18,19,21). The molecular formula is C14H16F3N3O3S. The summed E-state index contributed by atoms with van der Waals surface area (Å²) in [6.07, 6.45) is -3.49. The van der Waals surface area contributed by atoms with Crippen LogP contribution in [0.4, 0.5) is 23.7 Å². The van der Waals surface area contributed by atoms with Gasteiger partial charge in [-0.05, 0) is 37.5 Å². The molecule has 1 aliphatic carbocycles. The lowest BCUT2D eigenvalue weighted by molar-refractivity contribution is -0.137. The van der Waals surface area contributed by atoms with Gasteiger partial charge in [0, 0.05) is 5.69 Å². The van der Waals surface area contributed by atoms with E-state index in [-0.39, 0.29) is 30.2 Å². The van der Waals surface area contributed by atoms with E-state index in [4.69, 9.17) is 0 Å². The summed E-state index contributed by atoms with van der Waals surface area (Å²) in [5.74, 6) is 0. The smallest absolute Gasteiger partial charge is 0.333 e. The second-order valence-electron chi connectivity index (χ2n) is 5.99. The molecule has 2 aliphatic rings. The van der Waals surface area contributed by atoms with Crippen LogP contribution in [0.2, 0.25) is 0 Å². The third-order valence-electron chi connectivity index (χ3n) is 4.32. The first kappa shape index (κ1) is 16.9. The summed E-state index contributed by atoms with van der Waals surface area (Å²) >= 11 is 0. The van der Waals surface area contributed by atoms with Crippen LogP contribution >= 0.6 is 0 Å². The van der Waals surface area contributed by atoms with Gasteiger partial charge in [-0.15, -0.1) is 0 Å². The molecule has 24 heavy (non-hydrogen) atoms. The molecule has 1 aromatic rings. The molecule has 1 saturated heterocycles. The number of nitrogens with one attached hydrogen (secondary N) is 3. The average Bonchev–Trinajstić information content (AvgIpc) is 2.85. The summed E-state index contributed by atoms with van der Waals surface area (Å²) in [5.41, 5.74) is -1.04. The Kier molecular flexibility index (Phi) is 4.10. The molecule has 1 aliphatic heterocycles. The molecule has 6 nitrogen and oxygen atoms in total. The van der Waals surface area contributed by atoms with E-state index < -0.39 is 27.0 Å². The number of carbonyl (C=O) groups is 1. The number of sulfonamides is 1. The number of hydrogen-bond donors (Lipinski definition) is 3. The van der Waals surface area contributed by atoms with Gasteiger partial charge in [0.15, 0.2) is 0 Å². The molecule has 2 fully saturated rings. The molecular weight excluding hydrogens is 347 g/mol. The Bertz CT molecular complexity index is 751. The van der Waals surface area contributed by atoms with Crippen molar-refractivity contribution < 1.29 is 26.4 Å². The number of hydrogen-bond acceptors (Lipinski definition) is 3. The summed E-state index contributed by atoms with van der Waals surface area (Å²) in [5, 5.41) is 4.60. The van der Waals surface area contributed by atoms with Gasteiger partial charge in [-0.3, -0.25) is 4.72 Å². The quantitative estimate of drug-likeness (QED) is 0.768. The molecule has 0 aromatic heterocycles. The summed E-state index contributed by atoms with van der Waals surface area (Å²) in [4.78, 5) is 11.3. The number of urea groups is 1. The van der Waals surface area contributed by atoms with Crippen molar-refractivity contribution >= 4 is 21.7 Å². The first-order valence-electron chi connectivity index (χ1n) is 7.41. The predicted octanol–water partition coefficient (Wildman–Crippen LogP) is 2.05. The molecule has 0 bridgehead atoms. The third kappa shape index (κ3) is 3.42. The van der Waals surface area contributed by atoms with E-state index in [0.717, 1.165) is 18.2 Å². The number of halogens is 3. The highest BCUT2D eigenvalue weighted by Gasteiger charge is 2.41. The lowest BCUT2D eigenvalue weighted by Gasteiger charge is -2.30. The van der Waals surface area contributed by atoms with Gasteiger partial charge >= 0.3 is 12.2 Å². The molecule has 1 heterocycles. The fourth-order valence-electron chi connectivity index (χ4n) is 3.13. The Morgan fingerprint density at radius 3 is 2.54 bits per heavy atom. The van der Waals surface area contributed by atoms with Crippen molar-refractivity contribution in [2.24, 2.45) is 0 Å². The normalized spacial score (nSPS) is 27.1. The fourth-order valence-corrected chi connectivity index (χ4v) is 4.66. The van der Waals surface area contributed by atoms with Gasteiger partial charge in [-0.1, -0.05) is 6.07 Å². The van der Waals surface area contributed by atoms with Crippen molar-refractivity contribution in [3.63, 3.8) is 0 Å². The molecule has 3 N–H and O–H groups in total. The van der Waals surface area contributed by atoms with Crippen molar-refractivity contribution in [1.82, 2.24) is 10.6 Å². The van der Waals surface area contributed by atoms with Crippen LogP contribution in [-0.2, 0) is 16.2 Å². The Morgan fingerprint density at radius 1 is 1.12 bits per heavy atom. The zero-order valence-corrected chi connectivity index (χ0v) is 13.2. The van der Waals surface area contributed by atoms with E-state index in [2.05, 4.69) is 15.4 Å². The molecule has 3 rings (SSSR count). The van der Waals surface area contributed by atoms with E-state index in [1.807, 2.05) is 0 Å². The van der Waals surface area contributed by atoms with E-state index in [0.29, 0.717) is 12.8 Å². The zero-order valence-electron chi connectivity index (χ0n) is 12.4. The largest absolute Gasteiger partial charge is 0.416 e.